The van der Waals surface area contributed by atoms with Crippen LogP contribution in [0.4, 0.5) is 0 Å². The summed E-state index contributed by atoms with van der Waals surface area (Å²) in [5, 5.41) is 21.7. The highest BCUT2D eigenvalue weighted by molar-refractivity contribution is 7.71. The number of nitrogens with one attached hydrogen (secondary N) is 1. The van der Waals surface area contributed by atoms with E-state index < -0.39 is 0 Å². The maximum Gasteiger partial charge on any atom is 0.216 e. The second-order valence-electron chi connectivity index (χ2n) is 5.12. The van der Waals surface area contributed by atoms with Crippen LogP contribution in [0, 0.1) is 4.77 Å². The van der Waals surface area contributed by atoms with Crippen molar-refractivity contribution in [3.8, 4) is 17.1 Å². The molecule has 3 rings (SSSR count). The van der Waals surface area contributed by atoms with Gasteiger partial charge in [0.25, 0.3) is 0 Å². The summed E-state index contributed by atoms with van der Waals surface area (Å²) in [5.41, 5.74) is 2.30. The van der Waals surface area contributed by atoms with Gasteiger partial charge in [-0.1, -0.05) is 48.5 Å². The van der Waals surface area contributed by atoms with E-state index in [1.54, 1.807) is 18.4 Å². The molecule has 0 aliphatic rings. The summed E-state index contributed by atoms with van der Waals surface area (Å²) >= 11 is 5.24. The highest BCUT2D eigenvalue weighted by Gasteiger charge is 2.08. The van der Waals surface area contributed by atoms with Crippen molar-refractivity contribution in [1.29, 1.82) is 0 Å². The Hall–Kier alpha value is -2.99. The number of aromatic amines is 1. The molecule has 0 atom stereocenters. The van der Waals surface area contributed by atoms with Crippen molar-refractivity contribution in [2.45, 2.75) is 6.42 Å². The van der Waals surface area contributed by atoms with Crippen molar-refractivity contribution in [3.63, 3.8) is 0 Å². The smallest absolute Gasteiger partial charge is 0.216 e. The van der Waals surface area contributed by atoms with Gasteiger partial charge in [-0.25, -0.2) is 5.10 Å². The number of allylic oxidation sites excluding steroid dienone is 1. The summed E-state index contributed by atoms with van der Waals surface area (Å²) < 4.78 is 1.91. The summed E-state index contributed by atoms with van der Waals surface area (Å²) in [6.45, 7) is 3.70. The fraction of sp³-hybridized carbons (Fsp3) is 0.0556. The molecule has 0 spiro atoms. The molecule has 0 aliphatic heterocycles. The third-order valence-corrected chi connectivity index (χ3v) is 3.77. The quantitative estimate of drug-likeness (QED) is 0.421. The largest absolute Gasteiger partial charge is 0.507 e. The Morgan fingerprint density at radius 1 is 1.21 bits per heavy atom. The molecular formula is C18H16N4OS. The molecule has 0 aliphatic carbocycles. The monoisotopic (exact) mass is 336 g/mol. The second-order valence-corrected chi connectivity index (χ2v) is 5.51. The van der Waals surface area contributed by atoms with Gasteiger partial charge in [0.1, 0.15) is 5.75 Å². The lowest BCUT2D eigenvalue weighted by Gasteiger charge is -2.05. The van der Waals surface area contributed by atoms with E-state index in [2.05, 4.69) is 21.9 Å². The number of aromatic nitrogens is 3. The molecule has 3 aromatic rings. The van der Waals surface area contributed by atoms with E-state index in [0.717, 1.165) is 11.1 Å². The molecule has 0 fully saturated rings. The number of phenols is 1. The molecule has 2 N–H and O–H groups in total. The topological polar surface area (TPSA) is 66.2 Å². The molecule has 0 unspecified atom stereocenters. The molecule has 24 heavy (non-hydrogen) atoms. The maximum absolute atomic E-state index is 10.3. The van der Waals surface area contributed by atoms with E-state index in [1.165, 1.54) is 4.68 Å². The molecule has 1 heterocycles. The first-order valence-corrected chi connectivity index (χ1v) is 7.80. The minimum Gasteiger partial charge on any atom is -0.507 e. The maximum atomic E-state index is 10.3. The van der Waals surface area contributed by atoms with Crippen molar-refractivity contribution in [3.05, 3.63) is 77.1 Å². The van der Waals surface area contributed by atoms with Crippen molar-refractivity contribution < 1.29 is 5.11 Å². The number of hydrogen-bond acceptors (Lipinski definition) is 4. The number of aromatic hydroxyl groups is 1. The van der Waals surface area contributed by atoms with Crippen LogP contribution >= 0.6 is 12.2 Å². The lowest BCUT2D eigenvalue weighted by atomic mass is 10.1. The van der Waals surface area contributed by atoms with E-state index in [0.29, 0.717) is 22.6 Å². The van der Waals surface area contributed by atoms with Gasteiger partial charge in [-0.15, -0.1) is 6.58 Å². The van der Waals surface area contributed by atoms with Crippen molar-refractivity contribution >= 4 is 18.4 Å². The number of rotatable bonds is 5. The highest BCUT2D eigenvalue weighted by Crippen LogP contribution is 2.22. The van der Waals surface area contributed by atoms with Crippen LogP contribution < -0.4 is 0 Å². The minimum atomic E-state index is 0.192. The fourth-order valence-corrected chi connectivity index (χ4v) is 2.51. The summed E-state index contributed by atoms with van der Waals surface area (Å²) in [7, 11) is 0. The van der Waals surface area contributed by atoms with Crippen molar-refractivity contribution in [2.24, 2.45) is 5.10 Å². The van der Waals surface area contributed by atoms with Gasteiger partial charge in [0.15, 0.2) is 5.82 Å². The predicted molar refractivity (Wildman–Crippen MR) is 97.8 cm³/mol. The van der Waals surface area contributed by atoms with E-state index in [9.17, 15) is 5.11 Å². The first-order valence-electron chi connectivity index (χ1n) is 7.39. The molecule has 0 saturated heterocycles. The van der Waals surface area contributed by atoms with Gasteiger partial charge in [0, 0.05) is 11.1 Å². The lowest BCUT2D eigenvalue weighted by Crippen LogP contribution is -1.96. The van der Waals surface area contributed by atoms with Gasteiger partial charge in [-0.2, -0.15) is 14.9 Å². The van der Waals surface area contributed by atoms with E-state index >= 15 is 0 Å². The fourth-order valence-electron chi connectivity index (χ4n) is 2.33. The van der Waals surface area contributed by atoms with Gasteiger partial charge in [-0.3, -0.25) is 0 Å². The number of H-pyrrole nitrogens is 1. The Balaban J connectivity index is 2.00. The molecular weight excluding hydrogens is 320 g/mol. The van der Waals surface area contributed by atoms with E-state index in [1.807, 2.05) is 42.5 Å². The van der Waals surface area contributed by atoms with Crippen LogP contribution in [0.3, 0.4) is 0 Å². The van der Waals surface area contributed by atoms with Crippen LogP contribution in [-0.2, 0) is 6.42 Å². The van der Waals surface area contributed by atoms with Crippen LogP contribution in [0.15, 0.2) is 66.3 Å². The Bertz CT molecular complexity index is 941. The molecule has 1 aromatic heterocycles. The number of para-hydroxylation sites is 1. The average Bonchev–Trinajstić information content (AvgIpc) is 2.97. The van der Waals surface area contributed by atoms with Crippen LogP contribution in [0.5, 0.6) is 5.75 Å². The first-order chi connectivity index (χ1) is 11.7. The van der Waals surface area contributed by atoms with Gasteiger partial charge in [-0.05, 0) is 30.3 Å². The number of nitrogens with zero attached hydrogens (tertiary/aromatic N) is 3. The molecule has 2 aromatic carbocycles. The SMILES string of the molecule is C=CCc1cccc(/C=N\n2c(-c3ccccc3)n[nH]c2=S)c1O. The number of benzene rings is 2. The highest BCUT2D eigenvalue weighted by atomic mass is 32.1. The van der Waals surface area contributed by atoms with Crippen molar-refractivity contribution in [1.82, 2.24) is 14.9 Å². The van der Waals surface area contributed by atoms with Gasteiger partial charge < -0.3 is 5.11 Å². The summed E-state index contributed by atoms with van der Waals surface area (Å²) in [6, 6.07) is 15.1. The zero-order valence-corrected chi connectivity index (χ0v) is 13.7. The van der Waals surface area contributed by atoms with Crippen LogP contribution in [-0.4, -0.2) is 26.2 Å². The summed E-state index contributed by atoms with van der Waals surface area (Å²) in [5.74, 6) is 0.802. The molecule has 0 amide bonds. The zero-order valence-electron chi connectivity index (χ0n) is 12.9. The number of hydrogen-bond donors (Lipinski definition) is 2. The summed E-state index contributed by atoms with van der Waals surface area (Å²) in [4.78, 5) is 0. The normalized spacial score (nSPS) is 11.0. The number of phenolic OH excluding ortho intramolecular Hbond substituents is 1. The van der Waals surface area contributed by atoms with Crippen molar-refractivity contribution in [2.75, 3.05) is 0 Å². The molecule has 120 valence electrons. The van der Waals surface area contributed by atoms with E-state index in [-0.39, 0.29) is 5.75 Å². The lowest BCUT2D eigenvalue weighted by molar-refractivity contribution is 0.469. The first kappa shape index (κ1) is 15.9. The van der Waals surface area contributed by atoms with E-state index in [4.69, 9.17) is 12.2 Å². The van der Waals surface area contributed by atoms with Gasteiger partial charge in [0.2, 0.25) is 4.77 Å². The van der Waals surface area contributed by atoms with Crippen LogP contribution in [0.2, 0.25) is 0 Å². The van der Waals surface area contributed by atoms with Gasteiger partial charge in [0.05, 0.1) is 6.21 Å². The Morgan fingerprint density at radius 3 is 2.75 bits per heavy atom. The molecule has 0 radical (unpaired) electrons. The standard InChI is InChI=1S/C18H16N4OS/c1-2-7-13-10-6-11-15(16(13)23)12-19-22-17(20-21-18(22)24)14-8-4-3-5-9-14/h2-6,8-12,23H,1,7H2,(H,21,24)/b19-12-. The Labute approximate surface area is 144 Å². The predicted octanol–water partition coefficient (Wildman–Crippen LogP) is 3.92. The third kappa shape index (κ3) is 3.18. The Kier molecular flexibility index (Phi) is 4.67. The molecule has 6 heteroatoms. The zero-order chi connectivity index (χ0) is 16.9. The molecule has 0 saturated carbocycles. The molecule has 0 bridgehead atoms. The van der Waals surface area contributed by atoms with Crippen LogP contribution in [0.1, 0.15) is 11.1 Å². The minimum absolute atomic E-state index is 0.192. The average molecular weight is 336 g/mol. The second kappa shape index (κ2) is 7.06. The Morgan fingerprint density at radius 2 is 2.00 bits per heavy atom. The van der Waals surface area contributed by atoms with Gasteiger partial charge >= 0.3 is 0 Å². The summed E-state index contributed by atoms with van der Waals surface area (Å²) in [6.07, 6.45) is 3.91. The third-order valence-electron chi connectivity index (χ3n) is 3.51. The molecule has 5 nitrogen and oxygen atoms in total. The van der Waals surface area contributed by atoms with Crippen LogP contribution in [0.25, 0.3) is 11.4 Å².